The van der Waals surface area contributed by atoms with Crippen LogP contribution in [-0.2, 0) is 9.59 Å². The van der Waals surface area contributed by atoms with Gasteiger partial charge < -0.3 is 15.5 Å². The van der Waals surface area contributed by atoms with Gasteiger partial charge in [-0.1, -0.05) is 19.9 Å². The number of nitrogens with zero attached hydrogens (tertiary/aromatic N) is 2. The van der Waals surface area contributed by atoms with E-state index in [2.05, 4.69) is 10.6 Å². The second-order valence-electron chi connectivity index (χ2n) is 8.12. The predicted molar refractivity (Wildman–Crippen MR) is 109 cm³/mol. The monoisotopic (exact) mass is 424 g/mol. The molecule has 1 heterocycles. The summed E-state index contributed by atoms with van der Waals surface area (Å²) in [6.07, 6.45) is 0. The molecule has 2 rings (SSSR count). The van der Waals surface area contributed by atoms with E-state index < -0.39 is 29.1 Å². The summed E-state index contributed by atoms with van der Waals surface area (Å²) >= 11 is 0. The highest BCUT2D eigenvalue weighted by Crippen LogP contribution is 2.15. The molecule has 166 valence electrons. The van der Waals surface area contributed by atoms with Gasteiger partial charge in [0.2, 0.25) is 11.8 Å². The Bertz CT molecular complexity index is 757. The molecule has 1 saturated heterocycles. The first kappa shape index (κ1) is 23.7. The van der Waals surface area contributed by atoms with Gasteiger partial charge in [-0.05, 0) is 31.9 Å². The number of rotatable bonds is 7. The van der Waals surface area contributed by atoms with Crippen molar-refractivity contribution in [2.24, 2.45) is 5.92 Å². The Balaban J connectivity index is 1.98. The van der Waals surface area contributed by atoms with Crippen molar-refractivity contribution in [3.05, 3.63) is 35.4 Å². The quantitative estimate of drug-likeness (QED) is 0.693. The first-order valence-electron chi connectivity index (χ1n) is 10.2. The Kier molecular flexibility index (Phi) is 8.28. The van der Waals surface area contributed by atoms with Gasteiger partial charge in [0, 0.05) is 32.2 Å². The standard InChI is InChI=1S/C21H30F2N4O3/c1-13(2)19(25-20(29)18-15(22)6-5-7-16(18)23)21(30)27-10-8-26(9-11-27)12-17(28)24-14(3)4/h5-7,13-14,19H,8-12H2,1-4H3,(H,24,28)(H,25,29)/t19-/m0/s1. The fraction of sp³-hybridized carbons (Fsp3) is 0.571. The van der Waals surface area contributed by atoms with Crippen molar-refractivity contribution in [2.75, 3.05) is 32.7 Å². The molecule has 0 unspecified atom stereocenters. The van der Waals surface area contributed by atoms with Crippen molar-refractivity contribution in [2.45, 2.75) is 39.8 Å². The van der Waals surface area contributed by atoms with Crippen LogP contribution in [0.3, 0.4) is 0 Å². The fourth-order valence-electron chi connectivity index (χ4n) is 3.34. The molecule has 0 aromatic heterocycles. The van der Waals surface area contributed by atoms with Gasteiger partial charge in [0.25, 0.3) is 5.91 Å². The summed E-state index contributed by atoms with van der Waals surface area (Å²) in [6, 6.07) is 2.33. The molecule has 9 heteroatoms. The Hall–Kier alpha value is -2.55. The van der Waals surface area contributed by atoms with Crippen LogP contribution in [-0.4, -0.2) is 72.3 Å². The summed E-state index contributed by atoms with van der Waals surface area (Å²) in [5.41, 5.74) is -0.697. The van der Waals surface area contributed by atoms with Crippen LogP contribution in [0.4, 0.5) is 8.78 Å². The summed E-state index contributed by atoms with van der Waals surface area (Å²) in [6.45, 7) is 9.42. The average molecular weight is 424 g/mol. The molecule has 30 heavy (non-hydrogen) atoms. The number of piperazine rings is 1. The first-order chi connectivity index (χ1) is 14.1. The highest BCUT2D eigenvalue weighted by molar-refractivity contribution is 5.98. The zero-order valence-electron chi connectivity index (χ0n) is 17.9. The van der Waals surface area contributed by atoms with Gasteiger partial charge >= 0.3 is 0 Å². The maximum absolute atomic E-state index is 13.9. The van der Waals surface area contributed by atoms with E-state index in [1.807, 2.05) is 18.7 Å². The minimum absolute atomic E-state index is 0.0649. The van der Waals surface area contributed by atoms with Crippen molar-refractivity contribution >= 4 is 17.7 Å². The van der Waals surface area contributed by atoms with Crippen molar-refractivity contribution in [1.82, 2.24) is 20.4 Å². The molecular formula is C21H30F2N4O3. The van der Waals surface area contributed by atoms with Crippen LogP contribution in [0.15, 0.2) is 18.2 Å². The van der Waals surface area contributed by atoms with Gasteiger partial charge in [0.15, 0.2) is 0 Å². The summed E-state index contributed by atoms with van der Waals surface area (Å²) in [5.74, 6) is -3.55. The second-order valence-corrected chi connectivity index (χ2v) is 8.12. The van der Waals surface area contributed by atoms with Crippen LogP contribution in [0, 0.1) is 17.6 Å². The summed E-state index contributed by atoms with van der Waals surface area (Å²) in [5, 5.41) is 5.32. The van der Waals surface area contributed by atoms with E-state index in [9.17, 15) is 23.2 Å². The fourth-order valence-corrected chi connectivity index (χ4v) is 3.34. The Morgan fingerprint density at radius 3 is 2.03 bits per heavy atom. The van der Waals surface area contributed by atoms with Crippen molar-refractivity contribution in [1.29, 1.82) is 0 Å². The van der Waals surface area contributed by atoms with E-state index in [1.54, 1.807) is 18.7 Å². The van der Waals surface area contributed by atoms with E-state index in [4.69, 9.17) is 0 Å². The third-order valence-electron chi connectivity index (χ3n) is 4.91. The van der Waals surface area contributed by atoms with Crippen molar-refractivity contribution in [3.63, 3.8) is 0 Å². The molecule has 1 aromatic carbocycles. The van der Waals surface area contributed by atoms with Gasteiger partial charge in [-0.15, -0.1) is 0 Å². The van der Waals surface area contributed by atoms with E-state index >= 15 is 0 Å². The minimum atomic E-state index is -0.976. The molecule has 1 fully saturated rings. The van der Waals surface area contributed by atoms with E-state index in [0.29, 0.717) is 26.2 Å². The molecule has 0 radical (unpaired) electrons. The van der Waals surface area contributed by atoms with Gasteiger partial charge in [-0.25, -0.2) is 8.78 Å². The number of amides is 3. The van der Waals surface area contributed by atoms with Gasteiger partial charge in [-0.2, -0.15) is 0 Å². The molecule has 1 aliphatic rings. The molecule has 1 atom stereocenters. The lowest BCUT2D eigenvalue weighted by Crippen LogP contribution is -2.57. The van der Waals surface area contributed by atoms with Crippen LogP contribution in [0.5, 0.6) is 0 Å². The third-order valence-corrected chi connectivity index (χ3v) is 4.91. The lowest BCUT2D eigenvalue weighted by atomic mass is 10.0. The zero-order chi connectivity index (χ0) is 22.4. The van der Waals surface area contributed by atoms with Crippen molar-refractivity contribution < 1.29 is 23.2 Å². The molecule has 0 aliphatic carbocycles. The van der Waals surface area contributed by atoms with Gasteiger partial charge in [-0.3, -0.25) is 19.3 Å². The number of hydrogen-bond donors (Lipinski definition) is 2. The third kappa shape index (κ3) is 6.22. The Labute approximate surface area is 175 Å². The summed E-state index contributed by atoms with van der Waals surface area (Å²) in [7, 11) is 0. The molecule has 0 saturated carbocycles. The number of carbonyl (C=O) groups is 3. The van der Waals surface area contributed by atoms with Crippen LogP contribution < -0.4 is 10.6 Å². The van der Waals surface area contributed by atoms with E-state index in [1.165, 1.54) is 6.07 Å². The first-order valence-corrected chi connectivity index (χ1v) is 10.2. The largest absolute Gasteiger partial charge is 0.353 e. The maximum Gasteiger partial charge on any atom is 0.257 e. The molecule has 3 amide bonds. The molecule has 7 nitrogen and oxygen atoms in total. The lowest BCUT2D eigenvalue weighted by molar-refractivity contribution is -0.136. The number of halogens is 2. The Morgan fingerprint density at radius 2 is 1.53 bits per heavy atom. The highest BCUT2D eigenvalue weighted by Gasteiger charge is 2.32. The molecule has 2 N–H and O–H groups in total. The van der Waals surface area contributed by atoms with E-state index in [0.717, 1.165) is 12.1 Å². The average Bonchev–Trinajstić information content (AvgIpc) is 2.65. The van der Waals surface area contributed by atoms with Crippen LogP contribution in [0.2, 0.25) is 0 Å². The minimum Gasteiger partial charge on any atom is -0.353 e. The van der Waals surface area contributed by atoms with Gasteiger partial charge in [0.1, 0.15) is 23.2 Å². The maximum atomic E-state index is 13.9. The number of benzene rings is 1. The molecular weight excluding hydrogens is 394 g/mol. The molecule has 1 aromatic rings. The molecule has 0 spiro atoms. The Morgan fingerprint density at radius 1 is 0.967 bits per heavy atom. The normalized spacial score (nSPS) is 15.9. The van der Waals surface area contributed by atoms with Gasteiger partial charge in [0.05, 0.1) is 6.54 Å². The highest BCUT2D eigenvalue weighted by atomic mass is 19.1. The van der Waals surface area contributed by atoms with Crippen LogP contribution >= 0.6 is 0 Å². The SMILES string of the molecule is CC(C)NC(=O)CN1CCN(C(=O)[C@@H](NC(=O)c2c(F)cccc2F)C(C)C)CC1. The van der Waals surface area contributed by atoms with Crippen LogP contribution in [0.1, 0.15) is 38.1 Å². The molecule has 1 aliphatic heterocycles. The van der Waals surface area contributed by atoms with Crippen molar-refractivity contribution in [3.8, 4) is 0 Å². The number of nitrogens with one attached hydrogen (secondary N) is 2. The number of carbonyl (C=O) groups excluding carboxylic acids is 3. The number of hydrogen-bond acceptors (Lipinski definition) is 4. The molecule has 0 bridgehead atoms. The van der Waals surface area contributed by atoms with Crippen LogP contribution in [0.25, 0.3) is 0 Å². The van der Waals surface area contributed by atoms with E-state index in [-0.39, 0.29) is 30.3 Å². The second kappa shape index (κ2) is 10.5. The zero-order valence-corrected chi connectivity index (χ0v) is 17.9. The summed E-state index contributed by atoms with van der Waals surface area (Å²) < 4.78 is 27.8. The topological polar surface area (TPSA) is 81.8 Å². The lowest BCUT2D eigenvalue weighted by Gasteiger charge is -2.37. The predicted octanol–water partition coefficient (Wildman–Crippen LogP) is 1.39. The smallest absolute Gasteiger partial charge is 0.257 e. The summed E-state index contributed by atoms with van der Waals surface area (Å²) in [4.78, 5) is 40.9.